The molecule has 0 spiro atoms. The lowest BCUT2D eigenvalue weighted by atomic mass is 10.1. The number of rotatable bonds is 6. The maximum Gasteiger partial charge on any atom is 0.159 e. The molecule has 1 aromatic rings. The zero-order valence-electron chi connectivity index (χ0n) is 13.3. The molecule has 0 radical (unpaired) electrons. The fourth-order valence-electron chi connectivity index (χ4n) is 2.86. The molecule has 116 valence electrons. The molecular weight excluding hydrogens is 262 g/mol. The van der Waals surface area contributed by atoms with E-state index in [0.29, 0.717) is 18.1 Å². The molecule has 21 heavy (non-hydrogen) atoms. The number of Topliss-reactive ketones (excluding diaryl/α,β-unsaturated/α-hetero) is 1. The summed E-state index contributed by atoms with van der Waals surface area (Å²) in [6.45, 7) is 8.08. The van der Waals surface area contributed by atoms with Gasteiger partial charge in [0.05, 0.1) is 6.61 Å². The third kappa shape index (κ3) is 5.50. The van der Waals surface area contributed by atoms with E-state index in [0.717, 1.165) is 12.3 Å². The highest BCUT2D eigenvalue weighted by Gasteiger charge is 2.13. The molecule has 0 aromatic heterocycles. The average Bonchev–Trinajstić information content (AvgIpc) is 2.74. The Kier molecular flexibility index (Phi) is 6.24. The van der Waals surface area contributed by atoms with Crippen molar-refractivity contribution >= 4 is 5.78 Å². The number of ether oxygens (including phenoxy) is 1. The second-order valence-electron chi connectivity index (χ2n) is 6.22. The number of hydrogen-bond acceptors (Lipinski definition) is 3. The summed E-state index contributed by atoms with van der Waals surface area (Å²) in [4.78, 5) is 13.9. The van der Waals surface area contributed by atoms with Crippen LogP contribution in [0.4, 0.5) is 0 Å². The third-order valence-corrected chi connectivity index (χ3v) is 4.04. The number of carbonyl (C=O) groups is 1. The topological polar surface area (TPSA) is 29.5 Å². The van der Waals surface area contributed by atoms with Crippen LogP contribution >= 0.6 is 0 Å². The summed E-state index contributed by atoms with van der Waals surface area (Å²) < 4.78 is 5.85. The van der Waals surface area contributed by atoms with Crippen molar-refractivity contribution in [3.05, 3.63) is 29.8 Å². The SMILES string of the molecule is CC(=O)c1cccc(OCC(C)CN2CCCCCC2)c1. The normalized spacial score (nSPS) is 18.0. The maximum atomic E-state index is 11.4. The molecule has 0 aliphatic carbocycles. The van der Waals surface area contributed by atoms with Gasteiger partial charge in [0.25, 0.3) is 0 Å². The van der Waals surface area contributed by atoms with Crippen molar-refractivity contribution in [3.8, 4) is 5.75 Å². The molecule has 3 heteroatoms. The van der Waals surface area contributed by atoms with E-state index >= 15 is 0 Å². The Bertz CT molecular complexity index is 450. The molecule has 0 bridgehead atoms. The molecule has 0 amide bonds. The van der Waals surface area contributed by atoms with E-state index in [1.54, 1.807) is 6.92 Å². The van der Waals surface area contributed by atoms with Crippen LogP contribution in [0.2, 0.25) is 0 Å². The monoisotopic (exact) mass is 289 g/mol. The van der Waals surface area contributed by atoms with Crippen LogP contribution < -0.4 is 4.74 Å². The van der Waals surface area contributed by atoms with Crippen LogP contribution in [0.3, 0.4) is 0 Å². The Labute approximate surface area is 128 Å². The lowest BCUT2D eigenvalue weighted by Crippen LogP contribution is -2.31. The van der Waals surface area contributed by atoms with E-state index in [1.807, 2.05) is 24.3 Å². The van der Waals surface area contributed by atoms with Crippen molar-refractivity contribution in [2.24, 2.45) is 5.92 Å². The van der Waals surface area contributed by atoms with E-state index < -0.39 is 0 Å². The summed E-state index contributed by atoms with van der Waals surface area (Å²) in [6, 6.07) is 7.47. The molecule has 1 aliphatic heterocycles. The largest absolute Gasteiger partial charge is 0.493 e. The third-order valence-electron chi connectivity index (χ3n) is 4.04. The first-order valence-corrected chi connectivity index (χ1v) is 8.11. The van der Waals surface area contributed by atoms with Gasteiger partial charge in [0, 0.05) is 18.0 Å². The van der Waals surface area contributed by atoms with Gasteiger partial charge in [0.2, 0.25) is 0 Å². The highest BCUT2D eigenvalue weighted by Crippen LogP contribution is 2.16. The second-order valence-corrected chi connectivity index (χ2v) is 6.22. The van der Waals surface area contributed by atoms with Crippen LogP contribution in [0.25, 0.3) is 0 Å². The Morgan fingerprint density at radius 3 is 2.62 bits per heavy atom. The van der Waals surface area contributed by atoms with E-state index in [1.165, 1.54) is 38.8 Å². The van der Waals surface area contributed by atoms with Crippen LogP contribution in [-0.2, 0) is 0 Å². The molecule has 0 saturated carbocycles. The first-order valence-electron chi connectivity index (χ1n) is 8.11. The van der Waals surface area contributed by atoms with E-state index in [9.17, 15) is 4.79 Å². The Morgan fingerprint density at radius 2 is 1.95 bits per heavy atom. The van der Waals surface area contributed by atoms with E-state index in [-0.39, 0.29) is 5.78 Å². The van der Waals surface area contributed by atoms with Crippen LogP contribution in [-0.4, -0.2) is 36.9 Å². The van der Waals surface area contributed by atoms with Crippen molar-refractivity contribution in [2.75, 3.05) is 26.2 Å². The van der Waals surface area contributed by atoms with Gasteiger partial charge < -0.3 is 9.64 Å². The maximum absolute atomic E-state index is 11.4. The summed E-state index contributed by atoms with van der Waals surface area (Å²) in [6.07, 6.45) is 5.40. The molecule has 1 atom stereocenters. The quantitative estimate of drug-likeness (QED) is 0.746. The molecule has 1 aromatic carbocycles. The summed E-state index contributed by atoms with van der Waals surface area (Å²) >= 11 is 0. The predicted molar refractivity (Wildman–Crippen MR) is 86.0 cm³/mol. The van der Waals surface area contributed by atoms with Gasteiger partial charge in [0.1, 0.15) is 5.75 Å². The van der Waals surface area contributed by atoms with Gasteiger partial charge in [-0.1, -0.05) is 31.9 Å². The molecule has 1 unspecified atom stereocenters. The lowest BCUT2D eigenvalue weighted by molar-refractivity contribution is 0.101. The predicted octanol–water partition coefficient (Wildman–Crippen LogP) is 3.78. The van der Waals surface area contributed by atoms with Crippen LogP contribution in [0, 0.1) is 5.92 Å². The Balaban J connectivity index is 1.79. The fraction of sp³-hybridized carbons (Fsp3) is 0.611. The van der Waals surface area contributed by atoms with Gasteiger partial charge in [-0.25, -0.2) is 0 Å². The number of nitrogens with zero attached hydrogens (tertiary/aromatic N) is 1. The summed E-state index contributed by atoms with van der Waals surface area (Å²) in [5.74, 6) is 1.38. The lowest BCUT2D eigenvalue weighted by Gasteiger charge is -2.24. The van der Waals surface area contributed by atoms with Crippen molar-refractivity contribution in [1.29, 1.82) is 0 Å². The van der Waals surface area contributed by atoms with E-state index in [4.69, 9.17) is 4.74 Å². The summed E-state index contributed by atoms with van der Waals surface area (Å²) in [5.41, 5.74) is 0.715. The van der Waals surface area contributed by atoms with Gasteiger partial charge in [-0.2, -0.15) is 0 Å². The van der Waals surface area contributed by atoms with Crippen LogP contribution in [0.15, 0.2) is 24.3 Å². The van der Waals surface area contributed by atoms with Crippen molar-refractivity contribution in [1.82, 2.24) is 4.90 Å². The van der Waals surface area contributed by atoms with Crippen LogP contribution in [0.1, 0.15) is 49.9 Å². The number of carbonyl (C=O) groups excluding carboxylic acids is 1. The van der Waals surface area contributed by atoms with Gasteiger partial charge >= 0.3 is 0 Å². The second kappa shape index (κ2) is 8.18. The zero-order valence-corrected chi connectivity index (χ0v) is 13.3. The number of ketones is 1. The van der Waals surface area contributed by atoms with E-state index in [2.05, 4.69) is 11.8 Å². The number of likely N-dealkylation sites (tertiary alicyclic amines) is 1. The van der Waals surface area contributed by atoms with Gasteiger partial charge in [-0.05, 0) is 45.0 Å². The van der Waals surface area contributed by atoms with Gasteiger partial charge in [0.15, 0.2) is 5.78 Å². The molecule has 1 fully saturated rings. The standard InChI is InChI=1S/C18H27NO2/c1-15(13-19-10-5-3-4-6-11-19)14-21-18-9-7-8-17(12-18)16(2)20/h7-9,12,15H,3-6,10-11,13-14H2,1-2H3. The van der Waals surface area contributed by atoms with Crippen molar-refractivity contribution < 1.29 is 9.53 Å². The van der Waals surface area contributed by atoms with Gasteiger partial charge in [-0.15, -0.1) is 0 Å². The smallest absolute Gasteiger partial charge is 0.159 e. The minimum Gasteiger partial charge on any atom is -0.493 e. The Morgan fingerprint density at radius 1 is 1.24 bits per heavy atom. The summed E-state index contributed by atoms with van der Waals surface area (Å²) in [7, 11) is 0. The molecule has 3 nitrogen and oxygen atoms in total. The highest BCUT2D eigenvalue weighted by molar-refractivity contribution is 5.94. The Hall–Kier alpha value is -1.35. The zero-order chi connectivity index (χ0) is 15.1. The van der Waals surface area contributed by atoms with Crippen molar-refractivity contribution in [3.63, 3.8) is 0 Å². The fourth-order valence-corrected chi connectivity index (χ4v) is 2.86. The minimum absolute atomic E-state index is 0.0815. The molecule has 1 heterocycles. The average molecular weight is 289 g/mol. The first-order chi connectivity index (χ1) is 10.1. The molecule has 2 rings (SSSR count). The number of benzene rings is 1. The number of hydrogen-bond donors (Lipinski definition) is 0. The minimum atomic E-state index is 0.0815. The molecule has 1 aliphatic rings. The van der Waals surface area contributed by atoms with Gasteiger partial charge in [-0.3, -0.25) is 4.79 Å². The summed E-state index contributed by atoms with van der Waals surface area (Å²) in [5, 5.41) is 0. The molecular formula is C18H27NO2. The molecule has 0 N–H and O–H groups in total. The van der Waals surface area contributed by atoms with Crippen molar-refractivity contribution in [2.45, 2.75) is 39.5 Å². The van der Waals surface area contributed by atoms with Crippen LogP contribution in [0.5, 0.6) is 5.75 Å². The molecule has 1 saturated heterocycles. The highest BCUT2D eigenvalue weighted by atomic mass is 16.5. The first kappa shape index (κ1) is 16.0.